The summed E-state index contributed by atoms with van der Waals surface area (Å²) in [6.45, 7) is 7.11. The molecule has 2 aliphatic rings. The van der Waals surface area contributed by atoms with Crippen LogP contribution in [0, 0.1) is 18.8 Å². The predicted molar refractivity (Wildman–Crippen MR) is 117 cm³/mol. The van der Waals surface area contributed by atoms with Crippen LogP contribution in [-0.4, -0.2) is 37.8 Å². The lowest BCUT2D eigenvalue weighted by molar-refractivity contribution is 0.0901. The Balaban J connectivity index is 1.61. The van der Waals surface area contributed by atoms with Crippen molar-refractivity contribution in [2.24, 2.45) is 11.8 Å². The van der Waals surface area contributed by atoms with Crippen molar-refractivity contribution in [1.29, 1.82) is 0 Å². The van der Waals surface area contributed by atoms with Gasteiger partial charge >= 0.3 is 0 Å². The van der Waals surface area contributed by atoms with Crippen LogP contribution in [-0.2, 0) is 10.0 Å². The lowest BCUT2D eigenvalue weighted by Gasteiger charge is -2.34. The van der Waals surface area contributed by atoms with Gasteiger partial charge in [0, 0.05) is 30.1 Å². The van der Waals surface area contributed by atoms with Gasteiger partial charge in [0.2, 0.25) is 10.0 Å². The van der Waals surface area contributed by atoms with Gasteiger partial charge in [0.1, 0.15) is 5.58 Å². The number of aryl methyl sites for hydroxylation is 1. The van der Waals surface area contributed by atoms with Crippen LogP contribution in [0.2, 0.25) is 0 Å². The first-order valence-electron chi connectivity index (χ1n) is 11.1. The number of fused-ring (bicyclic) bond motifs is 1. The van der Waals surface area contributed by atoms with Crippen molar-refractivity contribution < 1.29 is 17.6 Å². The van der Waals surface area contributed by atoms with Gasteiger partial charge in [0.05, 0.1) is 4.90 Å². The molecular formula is C23H32N2O4S. The van der Waals surface area contributed by atoms with Gasteiger partial charge in [-0.25, -0.2) is 8.42 Å². The van der Waals surface area contributed by atoms with E-state index in [4.69, 9.17) is 4.42 Å². The first kappa shape index (κ1) is 21.4. The average molecular weight is 433 g/mol. The minimum Gasteiger partial charge on any atom is -0.451 e. The summed E-state index contributed by atoms with van der Waals surface area (Å²) in [5.74, 6) is 0.764. The van der Waals surface area contributed by atoms with Crippen LogP contribution in [0.25, 0.3) is 11.0 Å². The van der Waals surface area contributed by atoms with Crippen LogP contribution in [0.3, 0.4) is 0 Å². The zero-order valence-corrected chi connectivity index (χ0v) is 18.9. The van der Waals surface area contributed by atoms with Gasteiger partial charge in [-0.15, -0.1) is 0 Å². The van der Waals surface area contributed by atoms with E-state index in [1.165, 1.54) is 6.42 Å². The van der Waals surface area contributed by atoms with Crippen LogP contribution in [0.15, 0.2) is 27.5 Å². The lowest BCUT2D eigenvalue weighted by Crippen LogP contribution is -2.42. The van der Waals surface area contributed by atoms with E-state index >= 15 is 0 Å². The summed E-state index contributed by atoms with van der Waals surface area (Å²) < 4.78 is 33.9. The van der Waals surface area contributed by atoms with E-state index in [1.54, 1.807) is 22.5 Å². The minimum absolute atomic E-state index is 0.192. The van der Waals surface area contributed by atoms with Crippen molar-refractivity contribution >= 4 is 26.9 Å². The van der Waals surface area contributed by atoms with Crippen LogP contribution in [0.5, 0.6) is 0 Å². The van der Waals surface area contributed by atoms with Crippen LogP contribution < -0.4 is 5.32 Å². The lowest BCUT2D eigenvalue weighted by atomic mass is 9.94. The molecule has 6 nitrogen and oxygen atoms in total. The molecule has 1 amide bonds. The molecule has 1 saturated carbocycles. The van der Waals surface area contributed by atoms with Gasteiger partial charge in [0.15, 0.2) is 5.76 Å². The summed E-state index contributed by atoms with van der Waals surface area (Å²) in [5, 5.41) is 3.77. The van der Waals surface area contributed by atoms with Crippen molar-refractivity contribution in [1.82, 2.24) is 9.62 Å². The smallest absolute Gasteiger partial charge is 0.287 e. The van der Waals surface area contributed by atoms with Crippen LogP contribution in [0.1, 0.15) is 68.5 Å². The molecular weight excluding hydrogens is 400 g/mol. The van der Waals surface area contributed by atoms with Crippen molar-refractivity contribution in [3.63, 3.8) is 0 Å². The monoisotopic (exact) mass is 432 g/mol. The molecule has 2 heterocycles. The van der Waals surface area contributed by atoms with E-state index in [2.05, 4.69) is 19.2 Å². The van der Waals surface area contributed by atoms with Gasteiger partial charge in [-0.2, -0.15) is 4.31 Å². The highest BCUT2D eigenvalue weighted by molar-refractivity contribution is 7.89. The molecule has 2 atom stereocenters. The van der Waals surface area contributed by atoms with Crippen LogP contribution >= 0.6 is 0 Å². The Kier molecular flexibility index (Phi) is 5.95. The van der Waals surface area contributed by atoms with Crippen molar-refractivity contribution in [2.45, 2.75) is 70.2 Å². The van der Waals surface area contributed by atoms with Gasteiger partial charge in [-0.1, -0.05) is 33.1 Å². The molecule has 1 aliphatic heterocycles. The summed E-state index contributed by atoms with van der Waals surface area (Å²) >= 11 is 0. The molecule has 0 bridgehead atoms. The summed E-state index contributed by atoms with van der Waals surface area (Å²) in [5.41, 5.74) is 1.23. The first-order valence-corrected chi connectivity index (χ1v) is 12.5. The second-order valence-electron chi connectivity index (χ2n) is 9.29. The Morgan fingerprint density at radius 3 is 2.43 bits per heavy atom. The molecule has 0 spiro atoms. The molecule has 7 heteroatoms. The predicted octanol–water partition coefficient (Wildman–Crippen LogP) is 4.47. The zero-order valence-electron chi connectivity index (χ0n) is 18.1. The SMILES string of the molecule is Cc1c(C(=O)NC2CCCCC2)oc2ccc(S(=O)(=O)N3C[C@H](C)C[C@@H](C)C3)cc12. The van der Waals surface area contributed by atoms with Gasteiger partial charge in [-0.3, -0.25) is 4.79 Å². The van der Waals surface area contributed by atoms with E-state index in [0.717, 1.165) is 32.1 Å². The zero-order chi connectivity index (χ0) is 21.5. The highest BCUT2D eigenvalue weighted by Gasteiger charge is 2.32. The van der Waals surface area contributed by atoms with Crippen molar-refractivity contribution in [3.05, 3.63) is 29.5 Å². The number of nitrogens with zero attached hydrogens (tertiary/aromatic N) is 1. The maximum atomic E-state index is 13.3. The number of carbonyl (C=O) groups is 1. The van der Waals surface area contributed by atoms with Gasteiger partial charge in [0.25, 0.3) is 5.91 Å². The van der Waals surface area contributed by atoms with Gasteiger partial charge in [-0.05, 0) is 56.2 Å². The topological polar surface area (TPSA) is 79.6 Å². The molecule has 1 N–H and O–H groups in total. The summed E-state index contributed by atoms with van der Waals surface area (Å²) in [4.78, 5) is 13.0. The average Bonchev–Trinajstić information content (AvgIpc) is 3.04. The molecule has 2 aromatic rings. The third kappa shape index (κ3) is 4.14. The van der Waals surface area contributed by atoms with E-state index in [-0.39, 0.29) is 22.6 Å². The molecule has 164 valence electrons. The number of hydrogen-bond donors (Lipinski definition) is 1. The summed E-state index contributed by atoms with van der Waals surface area (Å²) in [6.07, 6.45) is 6.55. The largest absolute Gasteiger partial charge is 0.451 e. The second kappa shape index (κ2) is 8.35. The minimum atomic E-state index is -3.58. The van der Waals surface area contributed by atoms with E-state index in [1.807, 2.05) is 6.92 Å². The maximum Gasteiger partial charge on any atom is 0.287 e. The third-order valence-corrected chi connectivity index (χ3v) is 8.36. The molecule has 4 rings (SSSR count). The fourth-order valence-electron chi connectivity index (χ4n) is 5.03. The number of rotatable bonds is 4. The van der Waals surface area contributed by atoms with E-state index < -0.39 is 10.0 Å². The van der Waals surface area contributed by atoms with E-state index in [0.29, 0.717) is 41.5 Å². The Labute approximate surface area is 179 Å². The Morgan fingerprint density at radius 1 is 1.10 bits per heavy atom. The molecule has 0 unspecified atom stereocenters. The first-order chi connectivity index (χ1) is 14.3. The number of nitrogens with one attached hydrogen (secondary N) is 1. The number of hydrogen-bond acceptors (Lipinski definition) is 4. The van der Waals surface area contributed by atoms with E-state index in [9.17, 15) is 13.2 Å². The van der Waals surface area contributed by atoms with Crippen LogP contribution in [0.4, 0.5) is 0 Å². The number of furan rings is 1. The molecule has 1 aliphatic carbocycles. The molecule has 2 fully saturated rings. The van der Waals surface area contributed by atoms with Crippen molar-refractivity contribution in [3.8, 4) is 0 Å². The normalized spacial score (nSPS) is 24.2. The molecule has 1 saturated heterocycles. The number of piperidine rings is 1. The number of sulfonamides is 1. The second-order valence-corrected chi connectivity index (χ2v) is 11.2. The quantitative estimate of drug-likeness (QED) is 0.773. The maximum absolute atomic E-state index is 13.3. The molecule has 0 radical (unpaired) electrons. The fourth-order valence-corrected chi connectivity index (χ4v) is 6.73. The fraction of sp³-hybridized carbons (Fsp3) is 0.609. The Hall–Kier alpha value is -1.86. The molecule has 1 aromatic carbocycles. The Bertz CT molecular complexity index is 1030. The number of benzene rings is 1. The Morgan fingerprint density at radius 2 is 1.77 bits per heavy atom. The highest BCUT2D eigenvalue weighted by Crippen LogP contribution is 2.31. The molecule has 1 aromatic heterocycles. The number of carbonyl (C=O) groups excluding carboxylic acids is 1. The number of amides is 1. The standard InChI is InChI=1S/C23H32N2O4S/c1-15-11-16(2)14-25(13-15)30(27,28)19-9-10-21-20(12-19)17(3)22(29-21)23(26)24-18-7-5-4-6-8-18/h9-10,12,15-16,18H,4-8,11,13-14H2,1-3H3,(H,24,26)/t15-,16-/m1/s1. The van der Waals surface area contributed by atoms with Crippen molar-refractivity contribution in [2.75, 3.05) is 13.1 Å². The highest BCUT2D eigenvalue weighted by atomic mass is 32.2. The summed E-state index contributed by atoms with van der Waals surface area (Å²) in [7, 11) is -3.58. The third-order valence-electron chi connectivity index (χ3n) is 6.53. The van der Waals surface area contributed by atoms with Gasteiger partial charge < -0.3 is 9.73 Å². The summed E-state index contributed by atoms with van der Waals surface area (Å²) in [6, 6.07) is 5.11. The molecule has 30 heavy (non-hydrogen) atoms.